The number of ether oxygens (including phenoxy) is 1. The number of hydrogen-bond acceptors (Lipinski definition) is 4. The molecule has 0 radical (unpaired) electrons. The van der Waals surface area contributed by atoms with Gasteiger partial charge in [-0.25, -0.2) is 4.98 Å². The summed E-state index contributed by atoms with van der Waals surface area (Å²) >= 11 is 0. The lowest BCUT2D eigenvalue weighted by atomic mass is 9.99. The average Bonchev–Trinajstić information content (AvgIpc) is 2.38. The molecule has 1 saturated heterocycles. The number of rotatable bonds is 4. The van der Waals surface area contributed by atoms with E-state index in [4.69, 9.17) is 4.74 Å². The van der Waals surface area contributed by atoms with Gasteiger partial charge < -0.3 is 14.6 Å². The van der Waals surface area contributed by atoms with Crippen molar-refractivity contribution in [3.63, 3.8) is 0 Å². The van der Waals surface area contributed by atoms with Crippen LogP contribution in [0.1, 0.15) is 38.4 Å². The Morgan fingerprint density at radius 1 is 1.58 bits per heavy atom. The van der Waals surface area contributed by atoms with E-state index >= 15 is 0 Å². The number of anilines is 1. The molecule has 106 valence electrons. The van der Waals surface area contributed by atoms with Crippen molar-refractivity contribution in [2.24, 2.45) is 5.92 Å². The summed E-state index contributed by atoms with van der Waals surface area (Å²) in [4.78, 5) is 21.3. The summed E-state index contributed by atoms with van der Waals surface area (Å²) in [6.07, 6.45) is 2.31. The summed E-state index contributed by atoms with van der Waals surface area (Å²) in [5, 5.41) is 0. The Kier molecular flexibility index (Phi) is 4.58. The van der Waals surface area contributed by atoms with Crippen LogP contribution < -0.4 is 10.5 Å². The predicted octanol–water partition coefficient (Wildman–Crippen LogP) is 1.76. The second kappa shape index (κ2) is 6.19. The second-order valence-electron chi connectivity index (χ2n) is 5.55. The number of aromatic nitrogens is 2. The van der Waals surface area contributed by atoms with Gasteiger partial charge in [0.1, 0.15) is 11.6 Å². The molecule has 1 fully saturated rings. The van der Waals surface area contributed by atoms with Gasteiger partial charge in [0.05, 0.1) is 6.61 Å². The monoisotopic (exact) mass is 265 g/mol. The Morgan fingerprint density at radius 2 is 2.37 bits per heavy atom. The lowest BCUT2D eigenvalue weighted by Gasteiger charge is -2.33. The summed E-state index contributed by atoms with van der Waals surface area (Å²) in [7, 11) is 1.74. The molecule has 5 nitrogen and oxygen atoms in total. The minimum Gasteiger partial charge on any atom is -0.384 e. The zero-order valence-corrected chi connectivity index (χ0v) is 12.0. The normalized spacial score (nSPS) is 20.0. The maximum Gasteiger partial charge on any atom is 0.252 e. The predicted molar refractivity (Wildman–Crippen MR) is 75.8 cm³/mol. The summed E-state index contributed by atoms with van der Waals surface area (Å²) < 4.78 is 5.24. The molecule has 0 bridgehead atoms. The van der Waals surface area contributed by atoms with Crippen molar-refractivity contribution >= 4 is 5.82 Å². The lowest BCUT2D eigenvalue weighted by Crippen LogP contribution is -2.38. The summed E-state index contributed by atoms with van der Waals surface area (Å²) in [5.74, 6) is 2.32. The molecular formula is C14H23N3O2. The van der Waals surface area contributed by atoms with Gasteiger partial charge >= 0.3 is 0 Å². The number of aromatic amines is 1. The van der Waals surface area contributed by atoms with E-state index in [-0.39, 0.29) is 11.5 Å². The minimum atomic E-state index is -0.0671. The van der Waals surface area contributed by atoms with Crippen LogP contribution >= 0.6 is 0 Å². The Labute approximate surface area is 114 Å². The Morgan fingerprint density at radius 3 is 3.05 bits per heavy atom. The highest BCUT2D eigenvalue weighted by atomic mass is 16.5. The van der Waals surface area contributed by atoms with Gasteiger partial charge in [0.15, 0.2) is 0 Å². The van der Waals surface area contributed by atoms with Crippen LogP contribution in [0.4, 0.5) is 5.82 Å². The molecule has 1 aliphatic heterocycles. The molecule has 1 N–H and O–H groups in total. The molecule has 2 heterocycles. The Hall–Kier alpha value is -1.36. The first-order valence-corrected chi connectivity index (χ1v) is 6.95. The van der Waals surface area contributed by atoms with Crippen LogP contribution in [0.2, 0.25) is 0 Å². The van der Waals surface area contributed by atoms with Crippen LogP contribution in [0.5, 0.6) is 0 Å². The molecule has 0 aliphatic carbocycles. The van der Waals surface area contributed by atoms with Crippen molar-refractivity contribution < 1.29 is 4.74 Å². The fraction of sp³-hybridized carbons (Fsp3) is 0.714. The summed E-state index contributed by atoms with van der Waals surface area (Å²) in [6.45, 7) is 6.73. The average molecular weight is 265 g/mol. The molecule has 19 heavy (non-hydrogen) atoms. The van der Waals surface area contributed by atoms with Crippen molar-refractivity contribution in [1.29, 1.82) is 0 Å². The number of hydrogen-bond donors (Lipinski definition) is 1. The van der Waals surface area contributed by atoms with Gasteiger partial charge in [0.25, 0.3) is 5.56 Å². The topological polar surface area (TPSA) is 58.2 Å². The van der Waals surface area contributed by atoms with Crippen molar-refractivity contribution in [1.82, 2.24) is 9.97 Å². The molecule has 0 spiro atoms. The molecule has 0 aromatic carbocycles. The third-order valence-electron chi connectivity index (χ3n) is 3.54. The van der Waals surface area contributed by atoms with Gasteiger partial charge in [0.2, 0.25) is 0 Å². The van der Waals surface area contributed by atoms with Crippen molar-refractivity contribution in [3.8, 4) is 0 Å². The third-order valence-corrected chi connectivity index (χ3v) is 3.54. The van der Waals surface area contributed by atoms with Gasteiger partial charge in [-0.05, 0) is 18.8 Å². The zero-order valence-electron chi connectivity index (χ0n) is 12.0. The summed E-state index contributed by atoms with van der Waals surface area (Å²) in [6, 6.07) is 1.60. The number of piperidine rings is 1. The molecule has 0 amide bonds. The van der Waals surface area contributed by atoms with E-state index < -0.39 is 0 Å². The third kappa shape index (κ3) is 3.56. The molecule has 1 aromatic rings. The molecule has 0 saturated carbocycles. The standard InChI is InChI=1S/C14H23N3O2/c1-10(2)14-15-12(7-13(18)16-14)17-6-4-5-11(8-17)9-19-3/h7,10-11H,4-6,8-9H2,1-3H3,(H,15,16,18). The minimum absolute atomic E-state index is 0.0671. The van der Waals surface area contributed by atoms with Crippen LogP contribution in [-0.4, -0.2) is 36.8 Å². The molecule has 1 aromatic heterocycles. The van der Waals surface area contributed by atoms with Gasteiger partial charge in [-0.1, -0.05) is 13.8 Å². The first kappa shape index (κ1) is 14.1. The van der Waals surface area contributed by atoms with Crippen LogP contribution in [0.25, 0.3) is 0 Å². The van der Waals surface area contributed by atoms with E-state index in [0.717, 1.165) is 37.8 Å². The highest BCUT2D eigenvalue weighted by Gasteiger charge is 2.21. The maximum atomic E-state index is 11.7. The molecule has 1 aliphatic rings. The van der Waals surface area contributed by atoms with Crippen LogP contribution in [0.15, 0.2) is 10.9 Å². The van der Waals surface area contributed by atoms with E-state index in [1.54, 1.807) is 13.2 Å². The van der Waals surface area contributed by atoms with Crippen molar-refractivity contribution in [2.45, 2.75) is 32.6 Å². The number of H-pyrrole nitrogens is 1. The van der Waals surface area contributed by atoms with Crippen molar-refractivity contribution in [2.75, 3.05) is 31.7 Å². The molecular weight excluding hydrogens is 242 g/mol. The quantitative estimate of drug-likeness (QED) is 0.901. The van der Waals surface area contributed by atoms with Gasteiger partial charge in [-0.2, -0.15) is 0 Å². The summed E-state index contributed by atoms with van der Waals surface area (Å²) in [5.41, 5.74) is -0.0671. The molecule has 2 rings (SSSR count). The van der Waals surface area contributed by atoms with Gasteiger partial charge in [-0.15, -0.1) is 0 Å². The lowest BCUT2D eigenvalue weighted by molar-refractivity contribution is 0.143. The number of nitrogens with zero attached hydrogens (tertiary/aromatic N) is 2. The van der Waals surface area contributed by atoms with Crippen LogP contribution in [-0.2, 0) is 4.74 Å². The van der Waals surface area contributed by atoms with E-state index in [9.17, 15) is 4.79 Å². The second-order valence-corrected chi connectivity index (χ2v) is 5.55. The largest absolute Gasteiger partial charge is 0.384 e. The van der Waals surface area contributed by atoms with Crippen LogP contribution in [0, 0.1) is 5.92 Å². The Bertz CT molecular complexity index is 468. The molecule has 1 atom stereocenters. The van der Waals surface area contributed by atoms with E-state index in [2.05, 4.69) is 14.9 Å². The first-order valence-electron chi connectivity index (χ1n) is 6.95. The van der Waals surface area contributed by atoms with Gasteiger partial charge in [-0.3, -0.25) is 4.79 Å². The highest BCUT2D eigenvalue weighted by molar-refractivity contribution is 5.38. The fourth-order valence-electron chi connectivity index (χ4n) is 2.54. The van der Waals surface area contributed by atoms with Crippen molar-refractivity contribution in [3.05, 3.63) is 22.2 Å². The molecule has 1 unspecified atom stereocenters. The number of nitrogens with one attached hydrogen (secondary N) is 1. The zero-order chi connectivity index (χ0) is 13.8. The first-order chi connectivity index (χ1) is 9.10. The van der Waals surface area contributed by atoms with Crippen LogP contribution in [0.3, 0.4) is 0 Å². The van der Waals surface area contributed by atoms with E-state index in [1.165, 1.54) is 6.42 Å². The fourth-order valence-corrected chi connectivity index (χ4v) is 2.54. The highest BCUT2D eigenvalue weighted by Crippen LogP contribution is 2.21. The van der Waals surface area contributed by atoms with E-state index in [0.29, 0.717) is 5.92 Å². The Balaban J connectivity index is 2.18. The maximum absolute atomic E-state index is 11.7. The SMILES string of the molecule is COCC1CCCN(c2cc(=O)[nH]c(C(C)C)n2)C1. The van der Waals surface area contributed by atoms with E-state index in [1.807, 2.05) is 13.8 Å². The molecule has 5 heteroatoms. The number of methoxy groups -OCH3 is 1. The smallest absolute Gasteiger partial charge is 0.252 e. The van der Waals surface area contributed by atoms with Gasteiger partial charge in [0, 0.05) is 32.2 Å².